The number of rotatable bonds is 5. The fourth-order valence-electron chi connectivity index (χ4n) is 1.69. The molecule has 8 heteroatoms. The van der Waals surface area contributed by atoms with Crippen LogP contribution in [-0.4, -0.2) is 30.2 Å². The molecule has 0 aliphatic carbocycles. The van der Waals surface area contributed by atoms with E-state index in [2.05, 4.69) is 10.3 Å². The van der Waals surface area contributed by atoms with E-state index >= 15 is 0 Å². The quantitative estimate of drug-likeness (QED) is 0.886. The minimum absolute atomic E-state index is 0.226. The molecule has 4 nitrogen and oxygen atoms in total. The van der Waals surface area contributed by atoms with Crippen LogP contribution >= 0.6 is 11.3 Å². The van der Waals surface area contributed by atoms with Crippen LogP contribution in [0.4, 0.5) is 18.9 Å². The zero-order valence-corrected chi connectivity index (χ0v) is 12.5. The van der Waals surface area contributed by atoms with Crippen molar-refractivity contribution < 1.29 is 18.0 Å². The zero-order chi connectivity index (χ0) is 16.2. The lowest BCUT2D eigenvalue weighted by molar-refractivity contribution is -0.137. The summed E-state index contributed by atoms with van der Waals surface area (Å²) in [6.07, 6.45) is -4.40. The summed E-state index contributed by atoms with van der Waals surface area (Å²) >= 11 is 1.50. The van der Waals surface area contributed by atoms with Crippen LogP contribution < -0.4 is 10.6 Å². The first-order valence-corrected chi connectivity index (χ1v) is 7.31. The van der Waals surface area contributed by atoms with Crippen LogP contribution in [0.25, 0.3) is 10.6 Å². The SMILES string of the molecule is Cc1csc(-c2cccc(NCC(=O)NCC(F)(F)F)c2)n1. The van der Waals surface area contributed by atoms with E-state index in [4.69, 9.17) is 0 Å². The molecule has 0 bridgehead atoms. The Hall–Kier alpha value is -2.09. The van der Waals surface area contributed by atoms with Crippen molar-refractivity contribution in [3.63, 3.8) is 0 Å². The van der Waals surface area contributed by atoms with Crippen molar-refractivity contribution in [1.29, 1.82) is 0 Å². The van der Waals surface area contributed by atoms with E-state index in [0.717, 1.165) is 16.3 Å². The van der Waals surface area contributed by atoms with Gasteiger partial charge in [-0.25, -0.2) is 4.98 Å². The number of amides is 1. The van der Waals surface area contributed by atoms with Crippen LogP contribution in [0.15, 0.2) is 29.6 Å². The number of nitrogens with one attached hydrogen (secondary N) is 2. The Balaban J connectivity index is 1.92. The lowest BCUT2D eigenvalue weighted by Gasteiger charge is -2.10. The van der Waals surface area contributed by atoms with Crippen LogP contribution in [-0.2, 0) is 4.79 Å². The van der Waals surface area contributed by atoms with Crippen LogP contribution in [0.2, 0.25) is 0 Å². The topological polar surface area (TPSA) is 54.0 Å². The van der Waals surface area contributed by atoms with Crippen molar-refractivity contribution in [2.24, 2.45) is 0 Å². The highest BCUT2D eigenvalue weighted by atomic mass is 32.1. The first-order chi connectivity index (χ1) is 10.3. The maximum Gasteiger partial charge on any atom is 0.405 e. The van der Waals surface area contributed by atoms with E-state index in [-0.39, 0.29) is 6.54 Å². The molecule has 0 saturated carbocycles. The van der Waals surface area contributed by atoms with Crippen LogP contribution in [0.3, 0.4) is 0 Å². The second kappa shape index (κ2) is 6.78. The molecule has 0 spiro atoms. The monoisotopic (exact) mass is 329 g/mol. The van der Waals surface area contributed by atoms with Crippen molar-refractivity contribution in [2.75, 3.05) is 18.4 Å². The Labute approximate surface area is 129 Å². The number of carbonyl (C=O) groups is 1. The lowest BCUT2D eigenvalue weighted by Crippen LogP contribution is -2.37. The average molecular weight is 329 g/mol. The van der Waals surface area contributed by atoms with E-state index < -0.39 is 18.6 Å². The van der Waals surface area contributed by atoms with Gasteiger partial charge in [0, 0.05) is 22.3 Å². The van der Waals surface area contributed by atoms with E-state index in [1.807, 2.05) is 18.4 Å². The standard InChI is InChI=1S/C14H14F3N3OS/c1-9-7-22-13(20-9)10-3-2-4-11(5-10)18-6-12(21)19-8-14(15,16)17/h2-5,7,18H,6,8H2,1H3,(H,19,21). The largest absolute Gasteiger partial charge is 0.405 e. The van der Waals surface area contributed by atoms with Crippen LogP contribution in [0.5, 0.6) is 0 Å². The van der Waals surface area contributed by atoms with Crippen molar-refractivity contribution in [2.45, 2.75) is 13.1 Å². The maximum absolute atomic E-state index is 12.0. The van der Waals surface area contributed by atoms with E-state index in [9.17, 15) is 18.0 Å². The Bertz CT molecular complexity index is 655. The molecule has 0 aliphatic rings. The van der Waals surface area contributed by atoms with E-state index in [0.29, 0.717) is 5.69 Å². The number of hydrogen-bond donors (Lipinski definition) is 2. The fourth-order valence-corrected chi connectivity index (χ4v) is 2.49. The fraction of sp³-hybridized carbons (Fsp3) is 0.286. The molecule has 1 heterocycles. The highest BCUT2D eigenvalue weighted by Gasteiger charge is 2.27. The number of thiazole rings is 1. The average Bonchev–Trinajstić information content (AvgIpc) is 2.89. The number of anilines is 1. The summed E-state index contributed by atoms with van der Waals surface area (Å²) in [7, 11) is 0. The minimum atomic E-state index is -4.40. The third kappa shape index (κ3) is 5.03. The second-order valence-corrected chi connectivity index (χ2v) is 5.48. The Morgan fingerprint density at radius 1 is 1.36 bits per heavy atom. The van der Waals surface area contributed by atoms with E-state index in [1.165, 1.54) is 11.3 Å². The summed E-state index contributed by atoms with van der Waals surface area (Å²) in [5.41, 5.74) is 2.45. The normalized spacial score (nSPS) is 11.3. The van der Waals surface area contributed by atoms with Gasteiger partial charge >= 0.3 is 6.18 Å². The molecular weight excluding hydrogens is 315 g/mol. The van der Waals surface area contributed by atoms with Crippen LogP contribution in [0.1, 0.15) is 5.69 Å². The molecule has 1 amide bonds. The molecule has 0 fully saturated rings. The predicted octanol–water partition coefficient (Wildman–Crippen LogP) is 3.21. The molecule has 2 N–H and O–H groups in total. The van der Waals surface area contributed by atoms with Crippen molar-refractivity contribution in [1.82, 2.24) is 10.3 Å². The number of aromatic nitrogens is 1. The molecular formula is C14H14F3N3OS. The summed E-state index contributed by atoms with van der Waals surface area (Å²) < 4.78 is 35.9. The van der Waals surface area contributed by atoms with Gasteiger partial charge in [0.25, 0.3) is 0 Å². The number of halogens is 3. The van der Waals surface area contributed by atoms with Gasteiger partial charge in [-0.1, -0.05) is 12.1 Å². The van der Waals surface area contributed by atoms with Crippen LogP contribution in [0, 0.1) is 6.92 Å². The summed E-state index contributed by atoms with van der Waals surface area (Å²) in [5, 5.41) is 7.38. The van der Waals surface area contributed by atoms with Gasteiger partial charge in [-0.3, -0.25) is 4.79 Å². The van der Waals surface area contributed by atoms with Gasteiger partial charge in [-0.15, -0.1) is 11.3 Å². The first-order valence-electron chi connectivity index (χ1n) is 6.43. The Kier molecular flexibility index (Phi) is 5.02. The number of alkyl halides is 3. The molecule has 0 saturated heterocycles. The van der Waals surface area contributed by atoms with Gasteiger partial charge in [0.1, 0.15) is 11.6 Å². The second-order valence-electron chi connectivity index (χ2n) is 4.62. The molecule has 2 aromatic rings. The first kappa shape index (κ1) is 16.3. The van der Waals surface area contributed by atoms with Gasteiger partial charge in [-0.05, 0) is 19.1 Å². The molecule has 0 atom stereocenters. The van der Waals surface area contributed by atoms with Crippen molar-refractivity contribution in [3.8, 4) is 10.6 Å². The molecule has 2 rings (SSSR count). The molecule has 118 valence electrons. The number of carbonyl (C=O) groups excluding carboxylic acids is 1. The molecule has 0 unspecified atom stereocenters. The maximum atomic E-state index is 12.0. The number of nitrogens with zero attached hydrogens (tertiary/aromatic N) is 1. The lowest BCUT2D eigenvalue weighted by atomic mass is 10.2. The van der Waals surface area contributed by atoms with Gasteiger partial charge < -0.3 is 10.6 Å². The summed E-state index contributed by atoms with van der Waals surface area (Å²) in [6.45, 7) is 0.343. The molecule has 1 aromatic carbocycles. The van der Waals surface area contributed by atoms with Gasteiger partial charge in [0.15, 0.2) is 0 Å². The molecule has 0 radical (unpaired) electrons. The zero-order valence-electron chi connectivity index (χ0n) is 11.7. The number of hydrogen-bond acceptors (Lipinski definition) is 4. The summed E-state index contributed by atoms with van der Waals surface area (Å²) in [4.78, 5) is 15.7. The van der Waals surface area contributed by atoms with E-state index in [1.54, 1.807) is 23.5 Å². The molecule has 0 aliphatic heterocycles. The van der Waals surface area contributed by atoms with Crippen molar-refractivity contribution >= 4 is 22.9 Å². The third-order valence-corrected chi connectivity index (χ3v) is 3.68. The summed E-state index contributed by atoms with van der Waals surface area (Å²) in [6, 6.07) is 7.21. The summed E-state index contributed by atoms with van der Waals surface area (Å²) in [5.74, 6) is -0.715. The smallest absolute Gasteiger partial charge is 0.376 e. The Morgan fingerprint density at radius 2 is 2.14 bits per heavy atom. The minimum Gasteiger partial charge on any atom is -0.376 e. The molecule has 1 aromatic heterocycles. The number of aryl methyl sites for hydroxylation is 1. The third-order valence-electron chi connectivity index (χ3n) is 2.67. The highest BCUT2D eigenvalue weighted by molar-refractivity contribution is 7.13. The highest BCUT2D eigenvalue weighted by Crippen LogP contribution is 2.25. The molecule has 22 heavy (non-hydrogen) atoms. The van der Waals surface area contributed by atoms with Crippen molar-refractivity contribution in [3.05, 3.63) is 35.3 Å². The van der Waals surface area contributed by atoms with Gasteiger partial charge in [-0.2, -0.15) is 13.2 Å². The Morgan fingerprint density at radius 3 is 2.77 bits per heavy atom. The predicted molar refractivity (Wildman–Crippen MR) is 79.8 cm³/mol. The number of benzene rings is 1. The van der Waals surface area contributed by atoms with Gasteiger partial charge in [0.2, 0.25) is 5.91 Å². The van der Waals surface area contributed by atoms with Gasteiger partial charge in [0.05, 0.1) is 6.54 Å².